The third-order valence-electron chi connectivity index (χ3n) is 3.14. The minimum atomic E-state index is -0.649. The van der Waals surface area contributed by atoms with E-state index in [1.807, 2.05) is 12.1 Å². The van der Waals surface area contributed by atoms with Gasteiger partial charge in [-0.25, -0.2) is 4.79 Å². The molecule has 1 amide bonds. The topological polar surface area (TPSA) is 58.6 Å². The maximum atomic E-state index is 12.0. The van der Waals surface area contributed by atoms with Gasteiger partial charge in [0.05, 0.1) is 10.7 Å². The molecule has 0 aliphatic rings. The van der Waals surface area contributed by atoms with E-state index >= 15 is 0 Å². The first-order valence-electron chi connectivity index (χ1n) is 6.58. The SMILES string of the molecule is O=C(Nc1c(Cl)ccc2ccc(O)cc12)Oc1ccccc1. The molecule has 0 saturated carbocycles. The molecule has 0 saturated heterocycles. The number of fused-ring (bicyclic) bond motifs is 1. The number of benzene rings is 3. The molecule has 0 radical (unpaired) electrons. The van der Waals surface area contributed by atoms with Crippen LogP contribution in [0.15, 0.2) is 60.7 Å². The van der Waals surface area contributed by atoms with Crippen molar-refractivity contribution >= 4 is 34.2 Å². The summed E-state index contributed by atoms with van der Waals surface area (Å²) < 4.78 is 5.18. The number of amides is 1. The van der Waals surface area contributed by atoms with Crippen molar-refractivity contribution in [1.82, 2.24) is 0 Å². The summed E-state index contributed by atoms with van der Waals surface area (Å²) in [6.07, 6.45) is -0.649. The summed E-state index contributed by atoms with van der Waals surface area (Å²) >= 11 is 6.15. The highest BCUT2D eigenvalue weighted by Gasteiger charge is 2.12. The maximum Gasteiger partial charge on any atom is 0.417 e. The smallest absolute Gasteiger partial charge is 0.417 e. The number of halogens is 1. The van der Waals surface area contributed by atoms with E-state index < -0.39 is 6.09 Å². The molecule has 0 fully saturated rings. The highest BCUT2D eigenvalue weighted by atomic mass is 35.5. The molecule has 0 bridgehead atoms. The van der Waals surface area contributed by atoms with Gasteiger partial charge >= 0.3 is 6.09 Å². The summed E-state index contributed by atoms with van der Waals surface area (Å²) in [6, 6.07) is 17.1. The number of para-hydroxylation sites is 1. The Balaban J connectivity index is 1.91. The van der Waals surface area contributed by atoms with Crippen molar-refractivity contribution in [2.75, 3.05) is 5.32 Å². The summed E-state index contributed by atoms with van der Waals surface area (Å²) in [4.78, 5) is 12.0. The van der Waals surface area contributed by atoms with Crippen LogP contribution in [0.5, 0.6) is 11.5 Å². The van der Waals surface area contributed by atoms with E-state index in [1.54, 1.807) is 48.5 Å². The lowest BCUT2D eigenvalue weighted by molar-refractivity contribution is 0.215. The predicted octanol–water partition coefficient (Wildman–Crippen LogP) is 4.81. The van der Waals surface area contributed by atoms with Gasteiger partial charge in [0.2, 0.25) is 0 Å². The molecule has 4 nitrogen and oxygen atoms in total. The standard InChI is InChI=1S/C17H12ClNO3/c18-15-9-7-11-6-8-12(20)10-14(11)16(15)19-17(21)22-13-4-2-1-3-5-13/h1-10,20H,(H,19,21). The number of hydrogen-bond acceptors (Lipinski definition) is 3. The van der Waals surface area contributed by atoms with Crippen molar-refractivity contribution in [2.45, 2.75) is 0 Å². The van der Waals surface area contributed by atoms with Gasteiger partial charge in [0.1, 0.15) is 11.5 Å². The number of nitrogens with one attached hydrogen (secondary N) is 1. The molecule has 0 heterocycles. The first-order valence-corrected chi connectivity index (χ1v) is 6.96. The first kappa shape index (κ1) is 14.2. The summed E-state index contributed by atoms with van der Waals surface area (Å²) in [5, 5.41) is 14.1. The van der Waals surface area contributed by atoms with Gasteiger partial charge in [-0.05, 0) is 35.7 Å². The van der Waals surface area contributed by atoms with Gasteiger partial charge < -0.3 is 9.84 Å². The monoisotopic (exact) mass is 313 g/mol. The molecule has 3 rings (SSSR count). The van der Waals surface area contributed by atoms with Gasteiger partial charge in [0.15, 0.2) is 0 Å². The fourth-order valence-corrected chi connectivity index (χ4v) is 2.34. The maximum absolute atomic E-state index is 12.0. The number of anilines is 1. The Hall–Kier alpha value is -2.72. The summed E-state index contributed by atoms with van der Waals surface area (Å²) in [5.41, 5.74) is 0.399. The zero-order valence-corrected chi connectivity index (χ0v) is 12.2. The average Bonchev–Trinajstić information content (AvgIpc) is 2.51. The minimum Gasteiger partial charge on any atom is -0.508 e. The fourth-order valence-electron chi connectivity index (χ4n) is 2.13. The van der Waals surface area contributed by atoms with Crippen molar-refractivity contribution in [3.8, 4) is 11.5 Å². The van der Waals surface area contributed by atoms with Gasteiger partial charge in [-0.1, -0.05) is 41.9 Å². The van der Waals surface area contributed by atoms with Crippen LogP contribution in [0.1, 0.15) is 0 Å². The van der Waals surface area contributed by atoms with Crippen molar-refractivity contribution in [2.24, 2.45) is 0 Å². The second-order valence-electron chi connectivity index (χ2n) is 4.66. The zero-order valence-electron chi connectivity index (χ0n) is 11.4. The number of carbonyl (C=O) groups excluding carboxylic acids is 1. The van der Waals surface area contributed by atoms with Crippen LogP contribution in [0.25, 0.3) is 10.8 Å². The molecule has 0 spiro atoms. The summed E-state index contributed by atoms with van der Waals surface area (Å²) in [5.74, 6) is 0.522. The molecule has 0 atom stereocenters. The van der Waals surface area contributed by atoms with E-state index in [1.165, 1.54) is 0 Å². The molecule has 3 aromatic carbocycles. The van der Waals surface area contributed by atoms with Gasteiger partial charge in [-0.15, -0.1) is 0 Å². The Labute approximate surface area is 131 Å². The molecular formula is C17H12ClNO3. The van der Waals surface area contributed by atoms with E-state index in [2.05, 4.69) is 5.32 Å². The van der Waals surface area contributed by atoms with Crippen LogP contribution in [0.2, 0.25) is 5.02 Å². The Morgan fingerprint density at radius 3 is 2.55 bits per heavy atom. The average molecular weight is 314 g/mol. The highest BCUT2D eigenvalue weighted by Crippen LogP contribution is 2.33. The molecule has 3 aromatic rings. The normalized spacial score (nSPS) is 10.4. The molecule has 0 aliphatic heterocycles. The number of phenols is 1. The predicted molar refractivity (Wildman–Crippen MR) is 86.7 cm³/mol. The lowest BCUT2D eigenvalue weighted by Crippen LogP contribution is -2.17. The van der Waals surface area contributed by atoms with Crippen molar-refractivity contribution in [1.29, 1.82) is 0 Å². The van der Waals surface area contributed by atoms with E-state index in [-0.39, 0.29) is 5.75 Å². The molecule has 0 unspecified atom stereocenters. The zero-order chi connectivity index (χ0) is 15.5. The first-order chi connectivity index (χ1) is 10.6. The van der Waals surface area contributed by atoms with Crippen LogP contribution in [-0.2, 0) is 0 Å². The largest absolute Gasteiger partial charge is 0.508 e. The van der Waals surface area contributed by atoms with E-state index in [9.17, 15) is 9.90 Å². The third-order valence-corrected chi connectivity index (χ3v) is 3.45. The van der Waals surface area contributed by atoms with Crippen LogP contribution in [0.4, 0.5) is 10.5 Å². The number of hydrogen-bond donors (Lipinski definition) is 2. The second-order valence-corrected chi connectivity index (χ2v) is 5.06. The summed E-state index contributed by atoms with van der Waals surface area (Å²) in [6.45, 7) is 0. The Morgan fingerprint density at radius 1 is 1.05 bits per heavy atom. The van der Waals surface area contributed by atoms with Gasteiger partial charge in [0.25, 0.3) is 0 Å². The van der Waals surface area contributed by atoms with Crippen LogP contribution >= 0.6 is 11.6 Å². The molecular weight excluding hydrogens is 302 g/mol. The van der Waals surface area contributed by atoms with Crippen LogP contribution < -0.4 is 10.1 Å². The molecule has 22 heavy (non-hydrogen) atoms. The number of aromatic hydroxyl groups is 1. The molecule has 2 N–H and O–H groups in total. The Bertz CT molecular complexity index is 829. The molecule has 0 aliphatic carbocycles. The van der Waals surface area contributed by atoms with Crippen LogP contribution in [0, 0.1) is 0 Å². The quantitative estimate of drug-likeness (QED) is 0.713. The fraction of sp³-hybridized carbons (Fsp3) is 0. The molecule has 110 valence electrons. The number of rotatable bonds is 2. The van der Waals surface area contributed by atoms with Crippen molar-refractivity contribution in [3.05, 3.63) is 65.7 Å². The van der Waals surface area contributed by atoms with E-state index in [4.69, 9.17) is 16.3 Å². The summed E-state index contributed by atoms with van der Waals surface area (Å²) in [7, 11) is 0. The minimum absolute atomic E-state index is 0.0919. The van der Waals surface area contributed by atoms with E-state index in [0.717, 1.165) is 5.39 Å². The lowest BCUT2D eigenvalue weighted by Gasteiger charge is -2.11. The Morgan fingerprint density at radius 2 is 1.77 bits per heavy atom. The van der Waals surface area contributed by atoms with Gasteiger partial charge in [-0.2, -0.15) is 0 Å². The lowest BCUT2D eigenvalue weighted by atomic mass is 10.1. The van der Waals surface area contributed by atoms with Crippen LogP contribution in [0.3, 0.4) is 0 Å². The third kappa shape index (κ3) is 2.97. The van der Waals surface area contributed by atoms with Gasteiger partial charge in [0, 0.05) is 5.39 Å². The van der Waals surface area contributed by atoms with Crippen molar-refractivity contribution < 1.29 is 14.6 Å². The highest BCUT2D eigenvalue weighted by molar-refractivity contribution is 6.35. The number of ether oxygens (including phenoxy) is 1. The van der Waals surface area contributed by atoms with Crippen LogP contribution in [-0.4, -0.2) is 11.2 Å². The Kier molecular flexibility index (Phi) is 3.85. The van der Waals surface area contributed by atoms with E-state index in [0.29, 0.717) is 21.8 Å². The van der Waals surface area contributed by atoms with Gasteiger partial charge in [-0.3, -0.25) is 5.32 Å². The number of phenolic OH excluding ortho intramolecular Hbond substituents is 1. The number of carbonyl (C=O) groups is 1. The second kappa shape index (κ2) is 5.95. The molecule has 5 heteroatoms. The van der Waals surface area contributed by atoms with Crippen molar-refractivity contribution in [3.63, 3.8) is 0 Å². The molecule has 0 aromatic heterocycles.